The Kier molecular flexibility index (Phi) is 7.87. The van der Waals surface area contributed by atoms with Crippen LogP contribution in [-0.4, -0.2) is 43.5 Å². The van der Waals surface area contributed by atoms with E-state index in [0.717, 1.165) is 17.0 Å². The summed E-state index contributed by atoms with van der Waals surface area (Å²) in [6.45, 7) is 4.08. The number of nitrogens with one attached hydrogen (secondary N) is 2. The Balaban J connectivity index is 1.80. The van der Waals surface area contributed by atoms with Crippen molar-refractivity contribution >= 4 is 23.2 Å². The van der Waals surface area contributed by atoms with Crippen LogP contribution in [0.1, 0.15) is 25.8 Å². The first-order chi connectivity index (χ1) is 13.3. The molecule has 0 unspecified atom stereocenters. The molecule has 2 N–H and O–H groups in total. The fourth-order valence-electron chi connectivity index (χ4n) is 2.57. The van der Waals surface area contributed by atoms with Crippen LogP contribution in [0.5, 0.6) is 5.75 Å². The fourth-order valence-corrected chi connectivity index (χ4v) is 2.57. The minimum absolute atomic E-state index is 0.0802. The van der Waals surface area contributed by atoms with Crippen LogP contribution in [0.15, 0.2) is 48.5 Å². The number of aryl methyl sites for hydroxylation is 1. The Labute approximate surface area is 166 Å². The quantitative estimate of drug-likeness (QED) is 0.695. The molecule has 0 aromatic heterocycles. The number of ether oxygens (including phenoxy) is 1. The number of anilines is 2. The molecular formula is C22H29N3O3. The maximum Gasteiger partial charge on any atom is 0.243 e. The van der Waals surface area contributed by atoms with Gasteiger partial charge in [0.25, 0.3) is 0 Å². The van der Waals surface area contributed by atoms with E-state index in [1.54, 1.807) is 19.0 Å². The van der Waals surface area contributed by atoms with Gasteiger partial charge in [0, 0.05) is 38.0 Å². The molecule has 0 spiro atoms. The highest BCUT2D eigenvalue weighted by atomic mass is 16.5. The molecular weight excluding hydrogens is 354 g/mol. The van der Waals surface area contributed by atoms with Crippen molar-refractivity contribution in [3.05, 3.63) is 54.1 Å². The zero-order valence-corrected chi connectivity index (χ0v) is 17.0. The average Bonchev–Trinajstić information content (AvgIpc) is 2.65. The van der Waals surface area contributed by atoms with Crippen LogP contribution in [-0.2, 0) is 16.0 Å². The predicted octanol–water partition coefficient (Wildman–Crippen LogP) is 3.55. The summed E-state index contributed by atoms with van der Waals surface area (Å²) in [5.41, 5.74) is 2.65. The Morgan fingerprint density at radius 2 is 1.75 bits per heavy atom. The van der Waals surface area contributed by atoms with Crippen LogP contribution in [0, 0.1) is 0 Å². The van der Waals surface area contributed by atoms with Gasteiger partial charge in [-0.05, 0) is 50.1 Å². The van der Waals surface area contributed by atoms with Gasteiger partial charge in [0.1, 0.15) is 5.75 Å². The van der Waals surface area contributed by atoms with Gasteiger partial charge in [0.15, 0.2) is 0 Å². The summed E-state index contributed by atoms with van der Waals surface area (Å²) in [6, 6.07) is 15.1. The van der Waals surface area contributed by atoms with Crippen molar-refractivity contribution in [2.45, 2.75) is 32.8 Å². The Bertz CT molecular complexity index is 786. The highest BCUT2D eigenvalue weighted by Gasteiger charge is 2.06. The smallest absolute Gasteiger partial charge is 0.243 e. The second kappa shape index (κ2) is 10.3. The third-order valence-corrected chi connectivity index (χ3v) is 4.02. The van der Waals surface area contributed by atoms with Gasteiger partial charge in [0.2, 0.25) is 11.8 Å². The van der Waals surface area contributed by atoms with Crippen molar-refractivity contribution < 1.29 is 14.3 Å². The van der Waals surface area contributed by atoms with E-state index >= 15 is 0 Å². The van der Waals surface area contributed by atoms with Crippen LogP contribution < -0.4 is 15.4 Å². The third-order valence-electron chi connectivity index (χ3n) is 4.02. The van der Waals surface area contributed by atoms with Crippen LogP contribution in [0.25, 0.3) is 0 Å². The summed E-state index contributed by atoms with van der Waals surface area (Å²) in [7, 11) is 3.52. The topological polar surface area (TPSA) is 70.7 Å². The van der Waals surface area contributed by atoms with E-state index in [-0.39, 0.29) is 24.5 Å². The number of hydrogen-bond donors (Lipinski definition) is 2. The number of amides is 2. The Hall–Kier alpha value is -3.02. The molecule has 2 amide bonds. The number of benzene rings is 2. The standard InChI is InChI=1S/C22H29N3O3/c1-16(2)28-20-7-5-6-19(14-20)24-21(26)15-23-18-11-8-17(9-12-18)10-13-22(27)25(3)4/h5-9,11-12,14,16,23H,10,13,15H2,1-4H3,(H,24,26). The molecule has 0 fully saturated rings. The predicted molar refractivity (Wildman–Crippen MR) is 113 cm³/mol. The van der Waals surface area contributed by atoms with Crippen molar-refractivity contribution in [2.75, 3.05) is 31.3 Å². The maximum atomic E-state index is 12.2. The summed E-state index contributed by atoms with van der Waals surface area (Å²) >= 11 is 0. The number of hydrogen-bond acceptors (Lipinski definition) is 4. The molecule has 0 saturated heterocycles. The first-order valence-corrected chi connectivity index (χ1v) is 9.43. The van der Waals surface area contributed by atoms with E-state index in [0.29, 0.717) is 18.5 Å². The van der Waals surface area contributed by atoms with Gasteiger partial charge in [-0.2, -0.15) is 0 Å². The molecule has 2 aromatic carbocycles. The SMILES string of the molecule is CC(C)Oc1cccc(NC(=O)CNc2ccc(CCC(=O)N(C)C)cc2)c1. The molecule has 0 aliphatic carbocycles. The van der Waals surface area contributed by atoms with E-state index in [1.807, 2.05) is 62.4 Å². The first-order valence-electron chi connectivity index (χ1n) is 9.43. The molecule has 2 aromatic rings. The monoisotopic (exact) mass is 383 g/mol. The van der Waals surface area contributed by atoms with Crippen LogP contribution >= 0.6 is 0 Å². The van der Waals surface area contributed by atoms with E-state index in [2.05, 4.69) is 10.6 Å². The van der Waals surface area contributed by atoms with Crippen molar-refractivity contribution in [1.82, 2.24) is 4.90 Å². The van der Waals surface area contributed by atoms with Gasteiger partial charge in [-0.25, -0.2) is 0 Å². The Morgan fingerprint density at radius 3 is 2.39 bits per heavy atom. The summed E-state index contributed by atoms with van der Waals surface area (Å²) in [5.74, 6) is 0.702. The molecule has 0 bridgehead atoms. The lowest BCUT2D eigenvalue weighted by Gasteiger charge is -2.12. The second-order valence-electron chi connectivity index (χ2n) is 7.08. The van der Waals surface area contributed by atoms with Crippen molar-refractivity contribution in [3.8, 4) is 5.75 Å². The van der Waals surface area contributed by atoms with Crippen molar-refractivity contribution in [1.29, 1.82) is 0 Å². The molecule has 0 radical (unpaired) electrons. The van der Waals surface area contributed by atoms with Gasteiger partial charge in [0.05, 0.1) is 12.6 Å². The van der Waals surface area contributed by atoms with E-state index in [1.165, 1.54) is 0 Å². The zero-order chi connectivity index (χ0) is 20.5. The largest absolute Gasteiger partial charge is 0.491 e. The van der Waals surface area contributed by atoms with Crippen LogP contribution in [0.4, 0.5) is 11.4 Å². The van der Waals surface area contributed by atoms with Crippen molar-refractivity contribution in [3.63, 3.8) is 0 Å². The minimum atomic E-state index is -0.137. The highest BCUT2D eigenvalue weighted by molar-refractivity contribution is 5.93. The lowest BCUT2D eigenvalue weighted by molar-refractivity contribution is -0.128. The first kappa shape index (κ1) is 21.3. The number of carbonyl (C=O) groups is 2. The fraction of sp³-hybridized carbons (Fsp3) is 0.364. The number of nitrogens with zero attached hydrogens (tertiary/aromatic N) is 1. The molecule has 2 rings (SSSR count). The molecule has 150 valence electrons. The normalized spacial score (nSPS) is 10.5. The number of carbonyl (C=O) groups excluding carboxylic acids is 2. The summed E-state index contributed by atoms with van der Waals surface area (Å²) in [4.78, 5) is 25.4. The second-order valence-corrected chi connectivity index (χ2v) is 7.08. The van der Waals surface area contributed by atoms with Gasteiger partial charge in [-0.15, -0.1) is 0 Å². The molecule has 0 saturated carbocycles. The molecule has 6 heteroatoms. The molecule has 6 nitrogen and oxygen atoms in total. The Morgan fingerprint density at radius 1 is 1.04 bits per heavy atom. The molecule has 0 atom stereocenters. The van der Waals surface area contributed by atoms with E-state index < -0.39 is 0 Å². The van der Waals surface area contributed by atoms with E-state index in [4.69, 9.17) is 4.74 Å². The minimum Gasteiger partial charge on any atom is -0.491 e. The number of rotatable bonds is 9. The lowest BCUT2D eigenvalue weighted by atomic mass is 10.1. The van der Waals surface area contributed by atoms with Gasteiger partial charge in [-0.1, -0.05) is 18.2 Å². The van der Waals surface area contributed by atoms with Gasteiger partial charge < -0.3 is 20.3 Å². The van der Waals surface area contributed by atoms with Crippen LogP contribution in [0.3, 0.4) is 0 Å². The molecule has 0 aliphatic heterocycles. The van der Waals surface area contributed by atoms with Gasteiger partial charge >= 0.3 is 0 Å². The maximum absolute atomic E-state index is 12.2. The molecule has 0 aliphatic rings. The van der Waals surface area contributed by atoms with E-state index in [9.17, 15) is 9.59 Å². The lowest BCUT2D eigenvalue weighted by Crippen LogP contribution is -2.22. The summed E-state index contributed by atoms with van der Waals surface area (Å²) in [6.07, 6.45) is 1.27. The summed E-state index contributed by atoms with van der Waals surface area (Å²) < 4.78 is 5.63. The van der Waals surface area contributed by atoms with Crippen molar-refractivity contribution in [2.24, 2.45) is 0 Å². The third kappa shape index (κ3) is 7.31. The van der Waals surface area contributed by atoms with Gasteiger partial charge in [-0.3, -0.25) is 9.59 Å². The molecule has 28 heavy (non-hydrogen) atoms. The summed E-state index contributed by atoms with van der Waals surface area (Å²) in [5, 5.41) is 5.96. The zero-order valence-electron chi connectivity index (χ0n) is 17.0. The molecule has 0 heterocycles. The highest BCUT2D eigenvalue weighted by Crippen LogP contribution is 2.18. The average molecular weight is 383 g/mol. The van der Waals surface area contributed by atoms with Crippen LogP contribution in [0.2, 0.25) is 0 Å².